The van der Waals surface area contributed by atoms with E-state index in [4.69, 9.17) is 4.74 Å². The maximum atomic E-state index is 5.64. The summed E-state index contributed by atoms with van der Waals surface area (Å²) in [4.78, 5) is 0. The van der Waals surface area contributed by atoms with Gasteiger partial charge in [-0.2, -0.15) is 0 Å². The van der Waals surface area contributed by atoms with Crippen molar-refractivity contribution in [3.05, 3.63) is 28.2 Å². The van der Waals surface area contributed by atoms with E-state index in [1.54, 1.807) is 0 Å². The number of hydrogen-bond donors (Lipinski definition) is 1. The fraction of sp³-hybridized carbons (Fsp3) is 0.500. The van der Waals surface area contributed by atoms with Gasteiger partial charge in [0.05, 0.1) is 6.61 Å². The molecule has 1 heterocycles. The Kier molecular flexibility index (Phi) is 5.79. The van der Waals surface area contributed by atoms with E-state index in [1.165, 1.54) is 18.4 Å². The van der Waals surface area contributed by atoms with Crippen LogP contribution in [0.4, 0.5) is 0 Å². The Bertz CT molecular complexity index is 338. The van der Waals surface area contributed by atoms with E-state index < -0.39 is 0 Å². The van der Waals surface area contributed by atoms with E-state index in [-0.39, 0.29) is 17.0 Å². The summed E-state index contributed by atoms with van der Waals surface area (Å²) in [6.07, 6.45) is 2.46. The maximum Gasteiger partial charge on any atom is 0.124 e. The van der Waals surface area contributed by atoms with Gasteiger partial charge in [0.2, 0.25) is 0 Å². The van der Waals surface area contributed by atoms with Crippen molar-refractivity contribution in [2.24, 2.45) is 0 Å². The Balaban J connectivity index is 0.00000128. The Morgan fingerprint density at radius 3 is 2.94 bits per heavy atom. The zero-order valence-corrected chi connectivity index (χ0v) is 12.6. The average Bonchev–Trinajstić information content (AvgIpc) is 2.74. The zero-order valence-electron chi connectivity index (χ0n) is 9.33. The minimum absolute atomic E-state index is 0. The summed E-state index contributed by atoms with van der Waals surface area (Å²) in [7, 11) is 0. The van der Waals surface area contributed by atoms with E-state index in [2.05, 4.69) is 27.3 Å². The van der Waals surface area contributed by atoms with Crippen molar-refractivity contribution in [3.63, 3.8) is 0 Å². The quantitative estimate of drug-likeness (QED) is 0.893. The van der Waals surface area contributed by atoms with Gasteiger partial charge in [0.25, 0.3) is 0 Å². The van der Waals surface area contributed by atoms with Crippen LogP contribution in [0, 0.1) is 0 Å². The molecule has 1 aromatic carbocycles. The molecule has 90 valence electrons. The Morgan fingerprint density at radius 2 is 2.31 bits per heavy atom. The van der Waals surface area contributed by atoms with Gasteiger partial charge < -0.3 is 10.1 Å². The molecule has 1 aromatic rings. The van der Waals surface area contributed by atoms with Crippen molar-refractivity contribution in [2.75, 3.05) is 13.2 Å². The summed E-state index contributed by atoms with van der Waals surface area (Å²) < 4.78 is 6.76. The first-order chi connectivity index (χ1) is 7.31. The molecule has 4 heteroatoms. The normalized spacial score (nSPS) is 19.2. The topological polar surface area (TPSA) is 21.3 Å². The standard InChI is InChI=1S/C12H16BrNO.BrH/c1-2-15-12-6-5-9(13)8-10(12)11-4-3-7-14-11;/h5-6,8,11,14H,2-4,7H2,1H3;1H. The fourth-order valence-corrected chi connectivity index (χ4v) is 2.41. The lowest BCUT2D eigenvalue weighted by Crippen LogP contribution is -2.14. The second kappa shape index (κ2) is 6.62. The van der Waals surface area contributed by atoms with Crippen molar-refractivity contribution >= 4 is 32.9 Å². The molecule has 1 saturated heterocycles. The second-order valence-corrected chi connectivity index (χ2v) is 4.68. The highest BCUT2D eigenvalue weighted by Gasteiger charge is 2.19. The monoisotopic (exact) mass is 349 g/mol. The molecular formula is C12H17Br2NO. The summed E-state index contributed by atoms with van der Waals surface area (Å²) in [5.74, 6) is 1.01. The number of rotatable bonds is 3. The van der Waals surface area contributed by atoms with Crippen molar-refractivity contribution in [2.45, 2.75) is 25.8 Å². The maximum absolute atomic E-state index is 5.64. The lowest BCUT2D eigenvalue weighted by Gasteiger charge is -2.16. The lowest BCUT2D eigenvalue weighted by molar-refractivity contribution is 0.333. The molecule has 1 aliphatic rings. The van der Waals surface area contributed by atoms with Gasteiger partial charge in [0, 0.05) is 16.1 Å². The van der Waals surface area contributed by atoms with Gasteiger partial charge in [0.15, 0.2) is 0 Å². The summed E-state index contributed by atoms with van der Waals surface area (Å²) in [5.41, 5.74) is 1.28. The first kappa shape index (κ1) is 14.0. The SMILES string of the molecule is Br.CCOc1ccc(Br)cc1C1CCCN1. The van der Waals surface area contributed by atoms with Crippen LogP contribution in [0.25, 0.3) is 0 Å². The summed E-state index contributed by atoms with van der Waals surface area (Å²) in [6, 6.07) is 6.70. The molecule has 16 heavy (non-hydrogen) atoms. The van der Waals surface area contributed by atoms with Crippen molar-refractivity contribution in [1.82, 2.24) is 5.32 Å². The molecule has 1 aliphatic heterocycles. The third-order valence-corrected chi connectivity index (χ3v) is 3.20. The van der Waals surface area contributed by atoms with E-state index in [9.17, 15) is 0 Å². The molecule has 0 aromatic heterocycles. The highest BCUT2D eigenvalue weighted by atomic mass is 79.9. The molecule has 2 rings (SSSR count). The molecule has 0 amide bonds. The summed E-state index contributed by atoms with van der Waals surface area (Å²) >= 11 is 3.51. The molecule has 0 aliphatic carbocycles. The lowest BCUT2D eigenvalue weighted by atomic mass is 10.0. The number of hydrogen-bond acceptors (Lipinski definition) is 2. The van der Waals surface area contributed by atoms with Gasteiger partial charge in [-0.1, -0.05) is 15.9 Å². The zero-order chi connectivity index (χ0) is 10.7. The second-order valence-electron chi connectivity index (χ2n) is 3.76. The molecule has 0 radical (unpaired) electrons. The fourth-order valence-electron chi connectivity index (χ4n) is 2.03. The number of halogens is 2. The van der Waals surface area contributed by atoms with E-state index >= 15 is 0 Å². The van der Waals surface area contributed by atoms with Crippen LogP contribution in [0.5, 0.6) is 5.75 Å². The Labute approximate surface area is 116 Å². The molecular weight excluding hydrogens is 334 g/mol. The van der Waals surface area contributed by atoms with Crippen LogP contribution in [-0.4, -0.2) is 13.2 Å². The van der Waals surface area contributed by atoms with Gasteiger partial charge in [-0.3, -0.25) is 0 Å². The van der Waals surface area contributed by atoms with E-state index in [0.29, 0.717) is 6.04 Å². The third kappa shape index (κ3) is 3.22. The molecule has 1 atom stereocenters. The molecule has 1 fully saturated rings. The van der Waals surface area contributed by atoms with Crippen LogP contribution >= 0.6 is 32.9 Å². The van der Waals surface area contributed by atoms with Crippen LogP contribution in [0.3, 0.4) is 0 Å². The van der Waals surface area contributed by atoms with Crippen LogP contribution in [0.1, 0.15) is 31.4 Å². The highest BCUT2D eigenvalue weighted by Crippen LogP contribution is 2.33. The van der Waals surface area contributed by atoms with Crippen LogP contribution in [0.2, 0.25) is 0 Å². The predicted molar refractivity (Wildman–Crippen MR) is 75.6 cm³/mol. The molecule has 1 unspecified atom stereocenters. The van der Waals surface area contributed by atoms with Crippen LogP contribution in [0.15, 0.2) is 22.7 Å². The number of benzene rings is 1. The first-order valence-electron chi connectivity index (χ1n) is 5.47. The van der Waals surface area contributed by atoms with Gasteiger partial charge >= 0.3 is 0 Å². The smallest absolute Gasteiger partial charge is 0.124 e. The number of ether oxygens (including phenoxy) is 1. The van der Waals surface area contributed by atoms with E-state index in [1.807, 2.05) is 19.1 Å². The van der Waals surface area contributed by atoms with E-state index in [0.717, 1.165) is 23.4 Å². The Hall–Kier alpha value is -0.0600. The molecule has 1 N–H and O–H groups in total. The molecule has 0 bridgehead atoms. The van der Waals surface area contributed by atoms with Crippen molar-refractivity contribution < 1.29 is 4.74 Å². The molecule has 0 saturated carbocycles. The minimum atomic E-state index is 0. The van der Waals surface area contributed by atoms with Crippen LogP contribution < -0.4 is 10.1 Å². The summed E-state index contributed by atoms with van der Waals surface area (Å²) in [5, 5.41) is 3.50. The van der Waals surface area contributed by atoms with Crippen molar-refractivity contribution in [3.8, 4) is 5.75 Å². The van der Waals surface area contributed by atoms with Gasteiger partial charge in [-0.25, -0.2) is 0 Å². The molecule has 2 nitrogen and oxygen atoms in total. The van der Waals surface area contributed by atoms with Crippen LogP contribution in [-0.2, 0) is 0 Å². The molecule has 0 spiro atoms. The Morgan fingerprint density at radius 1 is 1.50 bits per heavy atom. The van der Waals surface area contributed by atoms with Gasteiger partial charge in [0.1, 0.15) is 5.75 Å². The van der Waals surface area contributed by atoms with Gasteiger partial charge in [-0.15, -0.1) is 17.0 Å². The first-order valence-corrected chi connectivity index (χ1v) is 6.26. The highest BCUT2D eigenvalue weighted by molar-refractivity contribution is 9.10. The predicted octanol–water partition coefficient (Wildman–Crippen LogP) is 3.85. The summed E-state index contributed by atoms with van der Waals surface area (Å²) in [6.45, 7) is 3.86. The average molecular weight is 351 g/mol. The van der Waals surface area contributed by atoms with Gasteiger partial charge in [-0.05, 0) is 44.5 Å². The van der Waals surface area contributed by atoms with Crippen molar-refractivity contribution in [1.29, 1.82) is 0 Å². The minimum Gasteiger partial charge on any atom is -0.494 e. The largest absolute Gasteiger partial charge is 0.494 e. The number of nitrogens with one attached hydrogen (secondary N) is 1. The third-order valence-electron chi connectivity index (χ3n) is 2.71.